The van der Waals surface area contributed by atoms with Crippen molar-refractivity contribution >= 4 is 28.0 Å². The fourth-order valence-corrected chi connectivity index (χ4v) is 4.01. The zero-order valence-corrected chi connectivity index (χ0v) is 17.1. The van der Waals surface area contributed by atoms with Crippen LogP contribution in [-0.4, -0.2) is 35.8 Å². The van der Waals surface area contributed by atoms with Crippen LogP contribution in [0.2, 0.25) is 0 Å². The Labute approximate surface area is 180 Å². The van der Waals surface area contributed by atoms with Crippen LogP contribution < -0.4 is 4.80 Å². The van der Waals surface area contributed by atoms with Gasteiger partial charge in [0.25, 0.3) is 0 Å². The summed E-state index contributed by atoms with van der Waals surface area (Å²) in [7, 11) is 0. The summed E-state index contributed by atoms with van der Waals surface area (Å²) in [5.41, 5.74) is 1.18. The first kappa shape index (κ1) is 19.1. The monoisotopic (exact) mass is 431 g/mol. The third-order valence-corrected chi connectivity index (χ3v) is 5.54. The topological polar surface area (TPSA) is 115 Å². The summed E-state index contributed by atoms with van der Waals surface area (Å²) in [5.74, 6) is 0.834. The summed E-state index contributed by atoms with van der Waals surface area (Å²) in [6.07, 6.45) is 3.78. The maximum absolute atomic E-state index is 12.4. The van der Waals surface area contributed by atoms with E-state index in [2.05, 4.69) is 54.6 Å². The Kier molecular flexibility index (Phi) is 5.19. The Morgan fingerprint density at radius 2 is 2.10 bits per heavy atom. The number of aryl methyl sites for hydroxylation is 1. The van der Waals surface area contributed by atoms with Crippen LogP contribution in [0.5, 0.6) is 0 Å². The van der Waals surface area contributed by atoms with Crippen molar-refractivity contribution in [2.24, 2.45) is 4.99 Å². The highest BCUT2D eigenvalue weighted by atomic mass is 32.1. The second-order valence-corrected chi connectivity index (χ2v) is 7.68. The lowest BCUT2D eigenvalue weighted by Gasteiger charge is -2.07. The zero-order valence-electron chi connectivity index (χ0n) is 16.3. The summed E-state index contributed by atoms with van der Waals surface area (Å²) >= 11 is 1.43. The number of amides is 1. The number of nitrogens with zero attached hydrogens (tertiary/aromatic N) is 6. The SMILES string of the molecule is O=C(CCc1nc(-c2ncn[nH]2)no1)N=c1sccn1Cc1cccc2ccccc12. The summed E-state index contributed by atoms with van der Waals surface area (Å²) in [4.78, 5) is 25.6. The van der Waals surface area contributed by atoms with Gasteiger partial charge in [-0.3, -0.25) is 9.89 Å². The first-order chi connectivity index (χ1) is 15.3. The third-order valence-electron chi connectivity index (χ3n) is 4.75. The molecule has 3 aromatic heterocycles. The molecule has 0 aliphatic carbocycles. The van der Waals surface area contributed by atoms with Crippen LogP contribution >= 0.6 is 11.3 Å². The lowest BCUT2D eigenvalue weighted by molar-refractivity contribution is -0.118. The molecule has 0 saturated carbocycles. The molecule has 1 amide bonds. The standard InChI is InChI=1S/C21H17N7O2S/c29-17(8-9-18-25-20(27-30-18)19-22-13-23-26-19)24-21-28(10-11-31-21)12-15-6-3-5-14-4-1-2-7-16(14)15/h1-7,10-11,13H,8-9,12H2,(H,22,23,26). The molecule has 0 bridgehead atoms. The molecule has 0 aliphatic heterocycles. The van der Waals surface area contributed by atoms with Crippen LogP contribution in [0.3, 0.4) is 0 Å². The molecule has 5 rings (SSSR count). The fourth-order valence-electron chi connectivity index (χ4n) is 3.26. The minimum atomic E-state index is -0.242. The summed E-state index contributed by atoms with van der Waals surface area (Å²) in [5, 5.41) is 14.6. The molecule has 154 valence electrons. The fraction of sp³-hybridized carbons (Fsp3) is 0.143. The molecule has 1 N–H and O–H groups in total. The molecule has 0 unspecified atom stereocenters. The van der Waals surface area contributed by atoms with Crippen molar-refractivity contribution in [3.05, 3.63) is 76.6 Å². The Bertz CT molecular complexity index is 1390. The van der Waals surface area contributed by atoms with Crippen molar-refractivity contribution in [1.82, 2.24) is 29.9 Å². The molecule has 9 nitrogen and oxygen atoms in total. The highest BCUT2D eigenvalue weighted by Gasteiger charge is 2.12. The number of nitrogens with one attached hydrogen (secondary N) is 1. The number of rotatable bonds is 6. The van der Waals surface area contributed by atoms with Gasteiger partial charge in [-0.1, -0.05) is 47.6 Å². The molecular weight excluding hydrogens is 414 g/mol. The van der Waals surface area contributed by atoms with Crippen molar-refractivity contribution in [2.75, 3.05) is 0 Å². The van der Waals surface area contributed by atoms with E-state index < -0.39 is 0 Å². The highest BCUT2D eigenvalue weighted by Crippen LogP contribution is 2.19. The van der Waals surface area contributed by atoms with E-state index in [1.165, 1.54) is 34.0 Å². The van der Waals surface area contributed by atoms with Gasteiger partial charge in [-0.25, -0.2) is 4.98 Å². The normalized spacial score (nSPS) is 11.9. The molecule has 31 heavy (non-hydrogen) atoms. The molecule has 0 atom stereocenters. The van der Waals surface area contributed by atoms with Gasteiger partial charge in [0.15, 0.2) is 10.6 Å². The van der Waals surface area contributed by atoms with Crippen molar-refractivity contribution in [3.63, 3.8) is 0 Å². The number of hydrogen-bond acceptors (Lipinski definition) is 7. The molecule has 0 radical (unpaired) electrons. The van der Waals surface area contributed by atoms with Crippen LogP contribution in [0.15, 0.2) is 69.9 Å². The van der Waals surface area contributed by atoms with Gasteiger partial charge < -0.3 is 9.09 Å². The van der Waals surface area contributed by atoms with E-state index in [0.717, 1.165) is 0 Å². The number of aromatic amines is 1. The third kappa shape index (κ3) is 4.19. The van der Waals surface area contributed by atoms with Gasteiger partial charge >= 0.3 is 0 Å². The van der Waals surface area contributed by atoms with Crippen molar-refractivity contribution in [3.8, 4) is 11.6 Å². The second-order valence-electron chi connectivity index (χ2n) is 6.80. The van der Waals surface area contributed by atoms with Crippen LogP contribution in [0.4, 0.5) is 0 Å². The predicted molar refractivity (Wildman–Crippen MR) is 114 cm³/mol. The lowest BCUT2D eigenvalue weighted by atomic mass is 10.0. The average molecular weight is 431 g/mol. The van der Waals surface area contributed by atoms with E-state index >= 15 is 0 Å². The Morgan fingerprint density at radius 3 is 3.00 bits per heavy atom. The highest BCUT2D eigenvalue weighted by molar-refractivity contribution is 7.07. The maximum Gasteiger partial charge on any atom is 0.248 e. The molecule has 0 fully saturated rings. The molecule has 2 aromatic carbocycles. The zero-order chi connectivity index (χ0) is 21.0. The maximum atomic E-state index is 12.4. The number of benzene rings is 2. The van der Waals surface area contributed by atoms with Crippen LogP contribution in [0, 0.1) is 0 Å². The minimum Gasteiger partial charge on any atom is -0.339 e. The Hall–Kier alpha value is -3.92. The number of aromatic nitrogens is 6. The molecule has 0 aliphatic rings. The smallest absolute Gasteiger partial charge is 0.248 e. The quantitative estimate of drug-likeness (QED) is 0.442. The average Bonchev–Trinajstić information content (AvgIpc) is 3.55. The van der Waals surface area contributed by atoms with E-state index in [-0.39, 0.29) is 12.3 Å². The van der Waals surface area contributed by atoms with E-state index in [1.807, 2.05) is 34.3 Å². The molecule has 0 spiro atoms. The molecule has 10 heteroatoms. The van der Waals surface area contributed by atoms with Crippen molar-refractivity contribution in [1.29, 1.82) is 0 Å². The van der Waals surface area contributed by atoms with Gasteiger partial charge in [0.1, 0.15) is 6.33 Å². The van der Waals surface area contributed by atoms with Crippen molar-refractivity contribution < 1.29 is 9.32 Å². The predicted octanol–water partition coefficient (Wildman–Crippen LogP) is 2.98. The molecule has 5 aromatic rings. The number of thiazole rings is 1. The summed E-state index contributed by atoms with van der Waals surface area (Å²) in [6, 6.07) is 14.5. The van der Waals surface area contributed by atoms with Gasteiger partial charge in [0, 0.05) is 24.4 Å². The largest absolute Gasteiger partial charge is 0.339 e. The Balaban J connectivity index is 1.29. The van der Waals surface area contributed by atoms with Gasteiger partial charge in [0.2, 0.25) is 17.6 Å². The minimum absolute atomic E-state index is 0.171. The Morgan fingerprint density at radius 1 is 1.19 bits per heavy atom. The van der Waals surface area contributed by atoms with Crippen LogP contribution in [0.1, 0.15) is 17.9 Å². The van der Waals surface area contributed by atoms with Crippen LogP contribution in [-0.2, 0) is 17.8 Å². The number of H-pyrrole nitrogens is 1. The van der Waals surface area contributed by atoms with Gasteiger partial charge in [0.05, 0.1) is 6.54 Å². The molecule has 0 saturated heterocycles. The second kappa shape index (κ2) is 8.44. The van der Waals surface area contributed by atoms with Gasteiger partial charge in [-0.2, -0.15) is 15.1 Å². The molecule has 3 heterocycles. The number of carbonyl (C=O) groups excluding carboxylic acids is 1. The van der Waals surface area contributed by atoms with E-state index in [0.29, 0.717) is 35.3 Å². The number of carbonyl (C=O) groups is 1. The summed E-state index contributed by atoms with van der Waals surface area (Å²) < 4.78 is 7.16. The molecular formula is C21H17N7O2S. The number of fused-ring (bicyclic) bond motifs is 1. The van der Waals surface area contributed by atoms with E-state index in [9.17, 15) is 4.79 Å². The van der Waals surface area contributed by atoms with E-state index in [1.54, 1.807) is 0 Å². The van der Waals surface area contributed by atoms with Gasteiger partial charge in [-0.15, -0.1) is 11.3 Å². The van der Waals surface area contributed by atoms with Gasteiger partial charge in [-0.05, 0) is 16.3 Å². The number of hydrogen-bond donors (Lipinski definition) is 1. The van der Waals surface area contributed by atoms with E-state index in [4.69, 9.17) is 4.52 Å². The summed E-state index contributed by atoms with van der Waals surface area (Å²) in [6.45, 7) is 0.640. The lowest BCUT2D eigenvalue weighted by Crippen LogP contribution is -2.17. The van der Waals surface area contributed by atoms with Crippen molar-refractivity contribution in [2.45, 2.75) is 19.4 Å². The first-order valence-electron chi connectivity index (χ1n) is 9.63. The van der Waals surface area contributed by atoms with Crippen LogP contribution in [0.25, 0.3) is 22.4 Å². The first-order valence-corrected chi connectivity index (χ1v) is 10.5.